The van der Waals surface area contributed by atoms with Gasteiger partial charge in [0.15, 0.2) is 0 Å². The predicted molar refractivity (Wildman–Crippen MR) is 122 cm³/mol. The number of piperidine rings is 1. The third-order valence-corrected chi connectivity index (χ3v) is 10.1. The third-order valence-electron chi connectivity index (χ3n) is 10.1. The maximum Gasteiger partial charge on any atom is 0.270 e. The summed E-state index contributed by atoms with van der Waals surface area (Å²) in [6, 6.07) is 6.05. The van der Waals surface area contributed by atoms with E-state index in [0.717, 1.165) is 25.7 Å². The molecular weight excluding hydrogens is 422 g/mol. The van der Waals surface area contributed by atoms with E-state index in [-0.39, 0.29) is 24.6 Å². The van der Waals surface area contributed by atoms with Crippen molar-refractivity contribution in [2.45, 2.75) is 83.5 Å². The molecule has 33 heavy (non-hydrogen) atoms. The minimum Gasteiger partial charge on any atom is -0.349 e. The zero-order valence-electron chi connectivity index (χ0n) is 20.0. The van der Waals surface area contributed by atoms with Crippen molar-refractivity contribution in [1.29, 1.82) is 0 Å². The van der Waals surface area contributed by atoms with Gasteiger partial charge in [-0.15, -0.1) is 0 Å². The molecular formula is C27H36F2N2O2. The summed E-state index contributed by atoms with van der Waals surface area (Å²) in [5, 5.41) is 2.53. The highest BCUT2D eigenvalue weighted by atomic mass is 19.1. The average Bonchev–Trinajstić information content (AvgIpc) is 3.18. The van der Waals surface area contributed by atoms with E-state index in [1.54, 1.807) is 25.2 Å². The van der Waals surface area contributed by atoms with Gasteiger partial charge < -0.3 is 10.2 Å². The Kier molecular flexibility index (Phi) is 5.37. The number of carbonyl (C=O) groups is 2. The van der Waals surface area contributed by atoms with Crippen molar-refractivity contribution in [3.05, 3.63) is 35.6 Å². The molecule has 1 aliphatic heterocycles. The van der Waals surface area contributed by atoms with E-state index in [0.29, 0.717) is 23.2 Å². The number of halogens is 2. The van der Waals surface area contributed by atoms with E-state index in [2.05, 4.69) is 19.2 Å². The number of alkyl halides is 1. The molecule has 1 heterocycles. The molecule has 2 amide bonds. The van der Waals surface area contributed by atoms with E-state index in [9.17, 15) is 14.0 Å². The maximum atomic E-state index is 16.4. The number of amides is 2. The fraction of sp³-hybridized carbons (Fsp3) is 0.704. The number of rotatable bonds is 3. The van der Waals surface area contributed by atoms with Gasteiger partial charge in [0.2, 0.25) is 0 Å². The molecule has 0 aromatic heterocycles. The highest BCUT2D eigenvalue weighted by molar-refractivity contribution is 6.09. The largest absolute Gasteiger partial charge is 0.349 e. The molecule has 4 aliphatic rings. The van der Waals surface area contributed by atoms with Gasteiger partial charge in [0.1, 0.15) is 5.82 Å². The first-order valence-electron chi connectivity index (χ1n) is 12.6. The van der Waals surface area contributed by atoms with Crippen molar-refractivity contribution in [3.63, 3.8) is 0 Å². The molecule has 7 atom stereocenters. The number of fused-ring (bicyclic) bond motifs is 5. The molecule has 0 radical (unpaired) electrons. The van der Waals surface area contributed by atoms with Gasteiger partial charge >= 0.3 is 0 Å². The molecule has 0 bridgehead atoms. The lowest BCUT2D eigenvalue weighted by Crippen LogP contribution is -2.70. The normalized spacial score (nSPS) is 42.3. The van der Waals surface area contributed by atoms with Crippen LogP contribution in [0.5, 0.6) is 0 Å². The molecule has 5 rings (SSSR count). The molecule has 1 saturated heterocycles. The van der Waals surface area contributed by atoms with Crippen molar-refractivity contribution < 1.29 is 18.4 Å². The van der Waals surface area contributed by atoms with Crippen molar-refractivity contribution in [1.82, 2.24) is 10.2 Å². The van der Waals surface area contributed by atoms with Crippen LogP contribution >= 0.6 is 0 Å². The SMILES string of the molecule is CN1C(=O)C(F)(C(=O)NCc2ccccc2F)C[C@@]2(C)C1CC[C@@H]1[C@H]2CC[C@]2(C)CCC[C@@H]12. The summed E-state index contributed by atoms with van der Waals surface area (Å²) < 4.78 is 30.4. The highest BCUT2D eigenvalue weighted by Gasteiger charge is 2.66. The van der Waals surface area contributed by atoms with Crippen LogP contribution in [0, 0.1) is 34.4 Å². The Morgan fingerprint density at radius 2 is 1.88 bits per heavy atom. The molecule has 1 aromatic carbocycles. The molecule has 2 unspecified atom stereocenters. The van der Waals surface area contributed by atoms with Gasteiger partial charge in [0.25, 0.3) is 17.5 Å². The first-order valence-corrected chi connectivity index (χ1v) is 12.6. The van der Waals surface area contributed by atoms with Gasteiger partial charge in [-0.05, 0) is 73.2 Å². The Labute approximate surface area is 195 Å². The van der Waals surface area contributed by atoms with Crippen molar-refractivity contribution >= 4 is 11.8 Å². The summed E-state index contributed by atoms with van der Waals surface area (Å²) in [6.07, 6.45) is 7.87. The Balaban J connectivity index is 1.41. The van der Waals surface area contributed by atoms with Crippen LogP contribution in [0.25, 0.3) is 0 Å². The predicted octanol–water partition coefficient (Wildman–Crippen LogP) is 5.01. The topological polar surface area (TPSA) is 49.4 Å². The van der Waals surface area contributed by atoms with E-state index in [1.807, 2.05) is 0 Å². The van der Waals surface area contributed by atoms with Crippen LogP contribution in [-0.2, 0) is 16.1 Å². The molecule has 4 fully saturated rings. The number of nitrogens with zero attached hydrogens (tertiary/aromatic N) is 1. The van der Waals surface area contributed by atoms with Gasteiger partial charge in [0.05, 0.1) is 0 Å². The molecule has 3 saturated carbocycles. The second-order valence-corrected chi connectivity index (χ2v) is 11.7. The van der Waals surface area contributed by atoms with Crippen LogP contribution in [0.2, 0.25) is 0 Å². The number of benzene rings is 1. The Morgan fingerprint density at radius 1 is 1.12 bits per heavy atom. The van der Waals surface area contributed by atoms with Crippen molar-refractivity contribution in [2.75, 3.05) is 7.05 Å². The second-order valence-electron chi connectivity index (χ2n) is 11.7. The molecule has 3 aliphatic carbocycles. The first kappa shape index (κ1) is 22.8. The van der Waals surface area contributed by atoms with Crippen LogP contribution in [0.4, 0.5) is 8.78 Å². The summed E-state index contributed by atoms with van der Waals surface area (Å²) in [4.78, 5) is 27.8. The summed E-state index contributed by atoms with van der Waals surface area (Å²) in [5.74, 6) is -0.623. The van der Waals surface area contributed by atoms with Crippen LogP contribution < -0.4 is 5.32 Å². The summed E-state index contributed by atoms with van der Waals surface area (Å²) in [7, 11) is 1.66. The number of hydrogen-bond donors (Lipinski definition) is 1. The van der Waals surface area contributed by atoms with Crippen LogP contribution in [0.1, 0.15) is 70.8 Å². The minimum absolute atomic E-state index is 0.0414. The minimum atomic E-state index is -2.62. The van der Waals surface area contributed by atoms with Crippen molar-refractivity contribution in [3.8, 4) is 0 Å². The quantitative estimate of drug-likeness (QED) is 0.647. The Hall–Kier alpha value is -1.98. The zero-order valence-corrected chi connectivity index (χ0v) is 20.0. The lowest BCUT2D eigenvalue weighted by Gasteiger charge is -2.62. The average molecular weight is 459 g/mol. The Morgan fingerprint density at radius 3 is 2.64 bits per heavy atom. The third kappa shape index (κ3) is 3.34. The summed E-state index contributed by atoms with van der Waals surface area (Å²) in [5.41, 5.74) is -2.39. The van der Waals surface area contributed by atoms with Gasteiger partial charge in [-0.3, -0.25) is 9.59 Å². The van der Waals surface area contributed by atoms with Crippen molar-refractivity contribution in [2.24, 2.45) is 28.6 Å². The first-order chi connectivity index (χ1) is 15.6. The number of nitrogens with one attached hydrogen (secondary N) is 1. The molecule has 1 N–H and O–H groups in total. The number of hydrogen-bond acceptors (Lipinski definition) is 2. The van der Waals surface area contributed by atoms with E-state index < -0.39 is 28.7 Å². The fourth-order valence-electron chi connectivity index (χ4n) is 8.47. The van der Waals surface area contributed by atoms with Gasteiger partial charge in [-0.1, -0.05) is 38.5 Å². The summed E-state index contributed by atoms with van der Waals surface area (Å²) >= 11 is 0. The van der Waals surface area contributed by atoms with Crippen LogP contribution in [-0.4, -0.2) is 35.5 Å². The second kappa shape index (κ2) is 7.78. The Bertz CT molecular complexity index is 969. The zero-order chi connectivity index (χ0) is 23.6. The lowest BCUT2D eigenvalue weighted by atomic mass is 9.46. The molecule has 1 aromatic rings. The maximum absolute atomic E-state index is 16.4. The standard InChI is InChI=1S/C27H36F2N2O2/c1-25-13-6-8-19(25)18-10-11-22-26(2,20(18)12-14-25)16-27(29,24(33)31(22)3)23(32)30-15-17-7-4-5-9-21(17)28/h4-5,7,9,18-20,22H,6,8,10-16H2,1-3H3,(H,30,32)/t18-,19-,20+,22?,25-,26+,27?/m0/s1. The lowest BCUT2D eigenvalue weighted by molar-refractivity contribution is -0.185. The van der Waals surface area contributed by atoms with Gasteiger partial charge in [0, 0.05) is 31.6 Å². The number of carbonyl (C=O) groups excluding carboxylic acids is 2. The molecule has 180 valence electrons. The van der Waals surface area contributed by atoms with Gasteiger partial charge in [-0.25, -0.2) is 8.78 Å². The molecule has 4 nitrogen and oxygen atoms in total. The fourth-order valence-corrected chi connectivity index (χ4v) is 8.47. The summed E-state index contributed by atoms with van der Waals surface area (Å²) in [6.45, 7) is 4.41. The van der Waals surface area contributed by atoms with E-state index in [4.69, 9.17) is 0 Å². The molecule has 0 spiro atoms. The number of likely N-dealkylation sites (tertiary alicyclic amines) is 1. The van der Waals surface area contributed by atoms with E-state index >= 15 is 4.39 Å². The monoisotopic (exact) mass is 458 g/mol. The molecule has 6 heteroatoms. The van der Waals surface area contributed by atoms with Crippen LogP contribution in [0.3, 0.4) is 0 Å². The van der Waals surface area contributed by atoms with Crippen LogP contribution in [0.15, 0.2) is 24.3 Å². The smallest absolute Gasteiger partial charge is 0.270 e. The van der Waals surface area contributed by atoms with E-state index in [1.165, 1.54) is 30.2 Å². The van der Waals surface area contributed by atoms with Gasteiger partial charge in [-0.2, -0.15) is 0 Å². The highest BCUT2D eigenvalue weighted by Crippen LogP contribution is 2.65.